The Bertz CT molecular complexity index is 734. The van der Waals surface area contributed by atoms with E-state index in [-0.39, 0.29) is 17.6 Å². The van der Waals surface area contributed by atoms with Gasteiger partial charge in [-0.3, -0.25) is 4.79 Å². The van der Waals surface area contributed by atoms with E-state index in [4.69, 9.17) is 0 Å². The molecule has 0 unspecified atom stereocenters. The van der Waals surface area contributed by atoms with Crippen LogP contribution in [-0.4, -0.2) is 43.3 Å². The number of piperidine rings is 1. The maximum absolute atomic E-state index is 12.4. The van der Waals surface area contributed by atoms with E-state index >= 15 is 0 Å². The Labute approximate surface area is 148 Å². The van der Waals surface area contributed by atoms with Crippen LogP contribution in [0.2, 0.25) is 0 Å². The Morgan fingerprint density at radius 2 is 2.04 bits per heavy atom. The summed E-state index contributed by atoms with van der Waals surface area (Å²) in [5, 5.41) is 1.79. The first-order valence-electron chi connectivity index (χ1n) is 8.33. The fourth-order valence-electron chi connectivity index (χ4n) is 3.22. The van der Waals surface area contributed by atoms with Crippen molar-refractivity contribution in [3.63, 3.8) is 0 Å². The average molecular weight is 366 g/mol. The molecule has 0 radical (unpaired) electrons. The summed E-state index contributed by atoms with van der Waals surface area (Å²) in [6, 6.07) is 8.53. The number of thioether (sulfide) groups is 1. The van der Waals surface area contributed by atoms with E-state index in [1.165, 1.54) is 15.9 Å². The topological polar surface area (TPSA) is 54.5 Å². The van der Waals surface area contributed by atoms with Crippen LogP contribution in [0, 0.1) is 12.8 Å². The van der Waals surface area contributed by atoms with Gasteiger partial charge in [-0.05, 0) is 31.9 Å². The molecule has 1 amide bonds. The smallest absolute Gasteiger partial charge is 0.223 e. The number of likely N-dealkylation sites (tertiary alicyclic amines) is 1. The fraction of sp³-hybridized carbons (Fsp3) is 0.500. The van der Waals surface area contributed by atoms with Crippen LogP contribution in [0.15, 0.2) is 40.6 Å². The van der Waals surface area contributed by atoms with Crippen molar-refractivity contribution in [2.75, 3.05) is 18.8 Å². The van der Waals surface area contributed by atoms with Crippen molar-refractivity contribution < 1.29 is 13.2 Å². The molecule has 2 aliphatic heterocycles. The maximum atomic E-state index is 12.4. The molecule has 6 heteroatoms. The molecule has 0 bridgehead atoms. The zero-order chi connectivity index (χ0) is 17.2. The molecule has 1 aromatic rings. The molecule has 1 fully saturated rings. The quantitative estimate of drug-likeness (QED) is 0.823. The number of carbonyl (C=O) groups is 1. The highest BCUT2D eigenvalue weighted by atomic mass is 32.2. The SMILES string of the molecule is Cc1cccc(SC2CCN(C(=O)C[C@@H]3C=CS(=O)(=O)C3)CC2)c1. The second-order valence-electron chi connectivity index (χ2n) is 6.64. The minimum atomic E-state index is -3.07. The first kappa shape index (κ1) is 17.5. The predicted molar refractivity (Wildman–Crippen MR) is 97.7 cm³/mol. The van der Waals surface area contributed by atoms with Crippen molar-refractivity contribution in [2.24, 2.45) is 5.92 Å². The first-order chi connectivity index (χ1) is 11.4. The number of hydrogen-bond acceptors (Lipinski definition) is 4. The van der Waals surface area contributed by atoms with Crippen LogP contribution in [0.1, 0.15) is 24.8 Å². The van der Waals surface area contributed by atoms with E-state index in [0.29, 0.717) is 11.7 Å². The van der Waals surface area contributed by atoms with Gasteiger partial charge in [0, 0.05) is 41.0 Å². The van der Waals surface area contributed by atoms with Crippen molar-refractivity contribution in [3.8, 4) is 0 Å². The second-order valence-corrected chi connectivity index (χ2v) is 9.94. The number of rotatable bonds is 4. The Balaban J connectivity index is 1.46. The van der Waals surface area contributed by atoms with Gasteiger partial charge < -0.3 is 4.90 Å². The normalized spacial score (nSPS) is 23.5. The van der Waals surface area contributed by atoms with Crippen molar-refractivity contribution in [2.45, 2.75) is 36.3 Å². The van der Waals surface area contributed by atoms with Gasteiger partial charge in [-0.2, -0.15) is 0 Å². The van der Waals surface area contributed by atoms with Crippen LogP contribution in [-0.2, 0) is 14.6 Å². The molecule has 2 aliphatic rings. The molecule has 3 rings (SSSR count). The third-order valence-corrected chi connectivity index (χ3v) is 7.32. The van der Waals surface area contributed by atoms with Crippen LogP contribution in [0.4, 0.5) is 0 Å². The van der Waals surface area contributed by atoms with Gasteiger partial charge in [0.2, 0.25) is 5.91 Å². The minimum Gasteiger partial charge on any atom is -0.343 e. The van der Waals surface area contributed by atoms with Crippen LogP contribution >= 0.6 is 11.8 Å². The van der Waals surface area contributed by atoms with Crippen LogP contribution in [0.3, 0.4) is 0 Å². The largest absolute Gasteiger partial charge is 0.343 e. The Morgan fingerprint density at radius 3 is 2.67 bits per heavy atom. The van der Waals surface area contributed by atoms with E-state index in [1.54, 1.807) is 6.08 Å². The van der Waals surface area contributed by atoms with Gasteiger partial charge in [0.05, 0.1) is 5.75 Å². The summed E-state index contributed by atoms with van der Waals surface area (Å²) >= 11 is 1.90. The molecule has 24 heavy (non-hydrogen) atoms. The highest BCUT2D eigenvalue weighted by Gasteiger charge is 2.28. The molecule has 1 saturated heterocycles. The van der Waals surface area contributed by atoms with Gasteiger partial charge in [-0.15, -0.1) is 11.8 Å². The lowest BCUT2D eigenvalue weighted by atomic mass is 10.1. The summed E-state index contributed by atoms with van der Waals surface area (Å²) in [5.74, 6) is 0.0148. The predicted octanol–water partition coefficient (Wildman–Crippen LogP) is 3.03. The molecular weight excluding hydrogens is 342 g/mol. The molecule has 0 saturated carbocycles. The van der Waals surface area contributed by atoms with Crippen molar-refractivity contribution in [1.29, 1.82) is 0 Å². The lowest BCUT2D eigenvalue weighted by Gasteiger charge is -2.32. The van der Waals surface area contributed by atoms with Gasteiger partial charge in [0.1, 0.15) is 0 Å². The summed E-state index contributed by atoms with van der Waals surface area (Å²) in [4.78, 5) is 15.6. The van der Waals surface area contributed by atoms with E-state index in [0.717, 1.165) is 25.9 Å². The molecule has 2 heterocycles. The highest BCUT2D eigenvalue weighted by molar-refractivity contribution is 8.00. The standard InChI is InChI=1S/C18H23NO3S2/c1-14-3-2-4-17(11-14)23-16-5-8-19(9-6-16)18(20)12-15-7-10-24(21,22)13-15/h2-4,7,10-11,15-16H,5-6,8-9,12-13H2,1H3/t15-/m0/s1. The van der Waals surface area contributed by atoms with Gasteiger partial charge in [-0.1, -0.05) is 23.8 Å². The molecule has 0 spiro atoms. The number of allylic oxidation sites excluding steroid dienone is 1. The molecule has 4 nitrogen and oxygen atoms in total. The fourth-order valence-corrected chi connectivity index (χ4v) is 5.87. The zero-order valence-electron chi connectivity index (χ0n) is 13.8. The zero-order valence-corrected chi connectivity index (χ0v) is 15.5. The van der Waals surface area contributed by atoms with Crippen LogP contribution < -0.4 is 0 Å². The molecule has 1 atom stereocenters. The average Bonchev–Trinajstić information content (AvgIpc) is 2.87. The van der Waals surface area contributed by atoms with E-state index < -0.39 is 9.84 Å². The first-order valence-corrected chi connectivity index (χ1v) is 10.9. The molecular formula is C18H23NO3S2. The third-order valence-electron chi connectivity index (χ3n) is 4.53. The van der Waals surface area contributed by atoms with Crippen LogP contribution in [0.5, 0.6) is 0 Å². The summed E-state index contributed by atoms with van der Waals surface area (Å²) in [5.41, 5.74) is 1.27. The Hall–Kier alpha value is -1.27. The summed E-state index contributed by atoms with van der Waals surface area (Å²) < 4.78 is 22.8. The number of sulfone groups is 1. The number of nitrogens with zero attached hydrogens (tertiary/aromatic N) is 1. The van der Waals surface area contributed by atoms with Gasteiger partial charge in [-0.25, -0.2) is 8.42 Å². The highest BCUT2D eigenvalue weighted by Crippen LogP contribution is 2.31. The minimum absolute atomic E-state index is 0.0818. The van der Waals surface area contributed by atoms with Gasteiger partial charge in [0.15, 0.2) is 9.84 Å². The van der Waals surface area contributed by atoms with E-state index in [9.17, 15) is 13.2 Å². The van der Waals surface area contributed by atoms with Crippen molar-refractivity contribution in [3.05, 3.63) is 41.3 Å². The molecule has 0 N–H and O–H groups in total. The number of hydrogen-bond donors (Lipinski definition) is 0. The Kier molecular flexibility index (Phi) is 5.35. The molecule has 0 aromatic heterocycles. The number of benzene rings is 1. The third kappa shape index (κ3) is 4.63. The second kappa shape index (κ2) is 7.31. The summed E-state index contributed by atoms with van der Waals surface area (Å²) in [6.07, 6.45) is 3.95. The van der Waals surface area contributed by atoms with E-state index in [2.05, 4.69) is 31.2 Å². The van der Waals surface area contributed by atoms with E-state index in [1.807, 2.05) is 16.7 Å². The van der Waals surface area contributed by atoms with Gasteiger partial charge >= 0.3 is 0 Å². The summed E-state index contributed by atoms with van der Waals surface area (Å²) in [7, 11) is -3.07. The lowest BCUT2D eigenvalue weighted by Crippen LogP contribution is -2.40. The number of carbonyl (C=O) groups excluding carboxylic acids is 1. The van der Waals surface area contributed by atoms with Crippen LogP contribution in [0.25, 0.3) is 0 Å². The van der Waals surface area contributed by atoms with Crippen molar-refractivity contribution >= 4 is 27.5 Å². The molecule has 0 aliphatic carbocycles. The Morgan fingerprint density at radius 1 is 1.29 bits per heavy atom. The maximum Gasteiger partial charge on any atom is 0.223 e. The number of amides is 1. The van der Waals surface area contributed by atoms with Gasteiger partial charge in [0.25, 0.3) is 0 Å². The molecule has 1 aromatic carbocycles. The van der Waals surface area contributed by atoms with Crippen molar-refractivity contribution in [1.82, 2.24) is 4.90 Å². The number of aryl methyl sites for hydroxylation is 1. The summed E-state index contributed by atoms with van der Waals surface area (Å²) in [6.45, 7) is 3.64. The lowest BCUT2D eigenvalue weighted by molar-refractivity contribution is -0.132. The molecule has 130 valence electrons. The monoisotopic (exact) mass is 365 g/mol.